The summed E-state index contributed by atoms with van der Waals surface area (Å²) in [5.74, 6) is 0.763. The molecule has 0 aromatic carbocycles. The molecule has 1 fully saturated rings. The fourth-order valence-corrected chi connectivity index (χ4v) is 3.15. The van der Waals surface area contributed by atoms with Crippen LogP contribution in [0, 0.1) is 5.41 Å². The molecule has 1 aromatic heterocycles. The summed E-state index contributed by atoms with van der Waals surface area (Å²) in [6, 6.07) is 1.69. The molecule has 1 saturated heterocycles. The number of aromatic nitrogens is 2. The Kier molecular flexibility index (Phi) is 5.70. The molecule has 1 aliphatic heterocycles. The van der Waals surface area contributed by atoms with E-state index in [9.17, 15) is 4.79 Å². The Morgan fingerprint density at radius 1 is 1.33 bits per heavy atom. The molecule has 5 nitrogen and oxygen atoms in total. The average Bonchev–Trinajstić information content (AvgIpc) is 2.55. The normalized spacial score (nSPS) is 16.2. The maximum absolute atomic E-state index is 12.3. The predicted octanol–water partition coefficient (Wildman–Crippen LogP) is 1.82. The molecule has 0 atom stereocenters. The Balaban J connectivity index is 2.17. The van der Waals surface area contributed by atoms with Gasteiger partial charge in [-0.25, -0.2) is 4.68 Å². The van der Waals surface area contributed by atoms with Gasteiger partial charge in [0.15, 0.2) is 0 Å². The van der Waals surface area contributed by atoms with Crippen molar-refractivity contribution in [3.8, 4) is 0 Å². The van der Waals surface area contributed by atoms with Gasteiger partial charge in [-0.3, -0.25) is 4.79 Å². The van der Waals surface area contributed by atoms with Crippen LogP contribution < -0.4 is 10.5 Å². The zero-order valence-electron chi connectivity index (χ0n) is 12.9. The van der Waals surface area contributed by atoms with Crippen LogP contribution in [0.15, 0.2) is 17.1 Å². The lowest BCUT2D eigenvalue weighted by Gasteiger charge is -2.31. The van der Waals surface area contributed by atoms with Crippen LogP contribution in [0.2, 0.25) is 0 Å². The van der Waals surface area contributed by atoms with E-state index in [0.717, 1.165) is 37.4 Å². The Morgan fingerprint density at radius 2 is 2.00 bits per heavy atom. The van der Waals surface area contributed by atoms with Gasteiger partial charge in [-0.1, -0.05) is 13.8 Å². The molecular weight excluding hydrogens is 286 g/mol. The summed E-state index contributed by atoms with van der Waals surface area (Å²) in [7, 11) is 0. The highest BCUT2D eigenvalue weighted by molar-refractivity contribution is 7.80. The molecule has 0 spiro atoms. The quantitative estimate of drug-likeness (QED) is 0.814. The molecule has 0 amide bonds. The summed E-state index contributed by atoms with van der Waals surface area (Å²) in [5, 5.41) is 4.37. The van der Waals surface area contributed by atoms with Crippen LogP contribution in [-0.4, -0.2) is 41.8 Å². The summed E-state index contributed by atoms with van der Waals surface area (Å²) in [5.41, 5.74) is 0.900. The van der Waals surface area contributed by atoms with Crippen LogP contribution in [0.25, 0.3) is 0 Å². The lowest BCUT2D eigenvalue weighted by atomic mass is 9.84. The molecule has 6 heteroatoms. The van der Waals surface area contributed by atoms with Crippen LogP contribution in [-0.2, 0) is 11.3 Å². The second kappa shape index (κ2) is 7.31. The molecule has 0 aliphatic carbocycles. The van der Waals surface area contributed by atoms with Gasteiger partial charge in [-0.05, 0) is 24.0 Å². The van der Waals surface area contributed by atoms with Crippen molar-refractivity contribution in [3.05, 3.63) is 22.6 Å². The van der Waals surface area contributed by atoms with Gasteiger partial charge in [0.25, 0.3) is 5.56 Å². The third-order valence-electron chi connectivity index (χ3n) is 4.55. The number of ether oxygens (including phenoxy) is 1. The molecule has 1 aliphatic rings. The summed E-state index contributed by atoms with van der Waals surface area (Å²) >= 11 is 4.46. The van der Waals surface area contributed by atoms with Gasteiger partial charge in [0.05, 0.1) is 31.6 Å². The minimum atomic E-state index is -0.0351. The minimum absolute atomic E-state index is 0.0351. The molecule has 0 radical (unpaired) electrons. The van der Waals surface area contributed by atoms with E-state index >= 15 is 0 Å². The fraction of sp³-hybridized carbons (Fsp3) is 0.733. The molecule has 0 unspecified atom stereocenters. The van der Waals surface area contributed by atoms with Gasteiger partial charge in [0.1, 0.15) is 0 Å². The van der Waals surface area contributed by atoms with E-state index in [0.29, 0.717) is 19.8 Å². The standard InChI is InChI=1S/C15H25N3O2S/c1-3-15(4-2,12-21)11-18-14(19)9-13(10-16-18)17-5-7-20-8-6-17/h9-10,21H,3-8,11-12H2,1-2H3. The second-order valence-electron chi connectivity index (χ2n) is 5.67. The summed E-state index contributed by atoms with van der Waals surface area (Å²) in [6.45, 7) is 7.96. The van der Waals surface area contributed by atoms with Gasteiger partial charge in [0, 0.05) is 19.2 Å². The summed E-state index contributed by atoms with van der Waals surface area (Å²) in [6.07, 6.45) is 3.78. The first kappa shape index (κ1) is 16.4. The van der Waals surface area contributed by atoms with Crippen molar-refractivity contribution in [2.45, 2.75) is 33.2 Å². The van der Waals surface area contributed by atoms with Crippen LogP contribution in [0.4, 0.5) is 5.69 Å². The number of anilines is 1. The summed E-state index contributed by atoms with van der Waals surface area (Å²) in [4.78, 5) is 14.5. The number of thiol groups is 1. The fourth-order valence-electron chi connectivity index (χ4n) is 2.60. The molecular formula is C15H25N3O2S. The first-order valence-electron chi connectivity index (χ1n) is 7.65. The molecule has 1 aromatic rings. The molecule has 0 N–H and O–H groups in total. The first-order chi connectivity index (χ1) is 10.1. The Bertz CT molecular complexity index is 500. The maximum atomic E-state index is 12.3. The Hall–Kier alpha value is -1.01. The van der Waals surface area contributed by atoms with E-state index in [2.05, 4.69) is 36.5 Å². The third kappa shape index (κ3) is 3.80. The van der Waals surface area contributed by atoms with Gasteiger partial charge >= 0.3 is 0 Å². The highest BCUT2D eigenvalue weighted by Crippen LogP contribution is 2.29. The smallest absolute Gasteiger partial charge is 0.268 e. The van der Waals surface area contributed by atoms with Crippen molar-refractivity contribution in [2.24, 2.45) is 5.41 Å². The van der Waals surface area contributed by atoms with Crippen molar-refractivity contribution in [3.63, 3.8) is 0 Å². The minimum Gasteiger partial charge on any atom is -0.378 e. The average molecular weight is 311 g/mol. The predicted molar refractivity (Wildman–Crippen MR) is 88.4 cm³/mol. The topological polar surface area (TPSA) is 47.4 Å². The highest BCUT2D eigenvalue weighted by atomic mass is 32.1. The number of nitrogens with zero attached hydrogens (tertiary/aromatic N) is 3. The van der Waals surface area contributed by atoms with E-state index < -0.39 is 0 Å². The van der Waals surface area contributed by atoms with Crippen molar-refractivity contribution in [2.75, 3.05) is 37.0 Å². The SMILES string of the molecule is CCC(CC)(CS)Cn1ncc(N2CCOCC2)cc1=O. The molecule has 2 rings (SSSR count). The monoisotopic (exact) mass is 311 g/mol. The number of rotatable bonds is 6. The number of hydrogen-bond donors (Lipinski definition) is 1. The largest absolute Gasteiger partial charge is 0.378 e. The summed E-state index contributed by atoms with van der Waals surface area (Å²) < 4.78 is 6.91. The second-order valence-corrected chi connectivity index (χ2v) is 5.99. The number of hydrogen-bond acceptors (Lipinski definition) is 5. The molecule has 0 saturated carbocycles. The third-order valence-corrected chi connectivity index (χ3v) is 5.22. The van der Waals surface area contributed by atoms with Crippen molar-refractivity contribution < 1.29 is 4.74 Å². The van der Waals surface area contributed by atoms with Crippen molar-refractivity contribution >= 4 is 18.3 Å². The zero-order chi connectivity index (χ0) is 15.3. The lowest BCUT2D eigenvalue weighted by Crippen LogP contribution is -2.38. The van der Waals surface area contributed by atoms with Gasteiger partial charge in [-0.2, -0.15) is 17.7 Å². The van der Waals surface area contributed by atoms with E-state index in [-0.39, 0.29) is 11.0 Å². The van der Waals surface area contributed by atoms with Crippen LogP contribution in [0.3, 0.4) is 0 Å². The Morgan fingerprint density at radius 3 is 2.52 bits per heavy atom. The number of morpholine rings is 1. The van der Waals surface area contributed by atoms with E-state index in [1.165, 1.54) is 0 Å². The van der Waals surface area contributed by atoms with Crippen LogP contribution in [0.1, 0.15) is 26.7 Å². The van der Waals surface area contributed by atoms with Gasteiger partial charge in [-0.15, -0.1) is 0 Å². The molecule has 0 bridgehead atoms. The first-order valence-corrected chi connectivity index (χ1v) is 8.28. The molecule has 118 valence electrons. The van der Waals surface area contributed by atoms with Crippen molar-refractivity contribution in [1.29, 1.82) is 0 Å². The van der Waals surface area contributed by atoms with E-state index in [1.54, 1.807) is 16.9 Å². The van der Waals surface area contributed by atoms with Gasteiger partial charge in [0.2, 0.25) is 0 Å². The van der Waals surface area contributed by atoms with Crippen LogP contribution in [0.5, 0.6) is 0 Å². The van der Waals surface area contributed by atoms with E-state index in [1.807, 2.05) is 0 Å². The van der Waals surface area contributed by atoms with Crippen LogP contribution >= 0.6 is 12.6 Å². The zero-order valence-corrected chi connectivity index (χ0v) is 13.8. The lowest BCUT2D eigenvalue weighted by molar-refractivity contribution is 0.122. The van der Waals surface area contributed by atoms with Gasteiger partial charge < -0.3 is 9.64 Å². The highest BCUT2D eigenvalue weighted by Gasteiger charge is 2.26. The van der Waals surface area contributed by atoms with Crippen molar-refractivity contribution in [1.82, 2.24) is 9.78 Å². The van der Waals surface area contributed by atoms with E-state index in [4.69, 9.17) is 4.74 Å². The molecule has 2 heterocycles. The maximum Gasteiger partial charge on any atom is 0.268 e. The Labute approximate surface area is 131 Å². The molecule has 21 heavy (non-hydrogen) atoms.